The van der Waals surface area contributed by atoms with Crippen molar-refractivity contribution in [2.45, 2.75) is 26.2 Å². The zero-order valence-electron chi connectivity index (χ0n) is 14.7. The Morgan fingerprint density at radius 2 is 1.79 bits per heavy atom. The second-order valence-electron chi connectivity index (χ2n) is 6.46. The highest BCUT2D eigenvalue weighted by Gasteiger charge is 2.17. The highest BCUT2D eigenvalue weighted by atomic mass is 16.5. The molecule has 0 saturated heterocycles. The molecule has 0 fully saturated rings. The smallest absolute Gasteiger partial charge is 0.122 e. The van der Waals surface area contributed by atoms with E-state index in [0.29, 0.717) is 6.54 Å². The van der Waals surface area contributed by atoms with Crippen LogP contribution in [0.4, 0.5) is 0 Å². The van der Waals surface area contributed by atoms with Gasteiger partial charge in [0, 0.05) is 11.5 Å². The van der Waals surface area contributed by atoms with Gasteiger partial charge in [-0.2, -0.15) is 0 Å². The number of rotatable bonds is 5. The average Bonchev–Trinajstić information content (AvgIpc) is 2.61. The normalized spacial score (nSPS) is 12.3. The number of fused-ring (bicyclic) bond motifs is 1. The van der Waals surface area contributed by atoms with Crippen LogP contribution in [0.2, 0.25) is 0 Å². The van der Waals surface area contributed by atoms with E-state index in [1.165, 1.54) is 33.0 Å². The SMILES string of the molecule is COc1ccc2ccccc2c1CC(CN)c1cc(C)ccc1C. The molecule has 2 nitrogen and oxygen atoms in total. The third kappa shape index (κ3) is 3.15. The molecule has 0 aliphatic rings. The van der Waals surface area contributed by atoms with Gasteiger partial charge in [0.05, 0.1) is 7.11 Å². The van der Waals surface area contributed by atoms with Crippen molar-refractivity contribution in [2.75, 3.05) is 13.7 Å². The summed E-state index contributed by atoms with van der Waals surface area (Å²) < 4.78 is 5.65. The van der Waals surface area contributed by atoms with Crippen molar-refractivity contribution in [3.8, 4) is 5.75 Å². The van der Waals surface area contributed by atoms with Gasteiger partial charge in [0.25, 0.3) is 0 Å². The van der Waals surface area contributed by atoms with Crippen LogP contribution in [0, 0.1) is 13.8 Å². The van der Waals surface area contributed by atoms with Crippen molar-refractivity contribution < 1.29 is 4.74 Å². The molecule has 0 bridgehead atoms. The number of methoxy groups -OCH3 is 1. The van der Waals surface area contributed by atoms with E-state index >= 15 is 0 Å². The van der Waals surface area contributed by atoms with Gasteiger partial charge in [-0.15, -0.1) is 0 Å². The number of hydrogen-bond acceptors (Lipinski definition) is 2. The standard InChI is InChI=1S/C22H25NO/c1-15-8-9-16(2)20(12-15)18(14-23)13-21-19-7-5-4-6-17(19)10-11-22(21)24-3/h4-12,18H,13-14,23H2,1-3H3. The van der Waals surface area contributed by atoms with E-state index in [4.69, 9.17) is 10.5 Å². The summed E-state index contributed by atoms with van der Waals surface area (Å²) >= 11 is 0. The first-order valence-electron chi connectivity index (χ1n) is 8.46. The zero-order valence-corrected chi connectivity index (χ0v) is 14.7. The fraction of sp³-hybridized carbons (Fsp3) is 0.273. The van der Waals surface area contributed by atoms with Crippen molar-refractivity contribution in [1.82, 2.24) is 0 Å². The van der Waals surface area contributed by atoms with Crippen LogP contribution in [0.1, 0.15) is 28.2 Å². The van der Waals surface area contributed by atoms with Crippen LogP contribution in [-0.4, -0.2) is 13.7 Å². The van der Waals surface area contributed by atoms with Crippen LogP contribution < -0.4 is 10.5 Å². The first-order valence-corrected chi connectivity index (χ1v) is 8.46. The molecule has 0 spiro atoms. The van der Waals surface area contributed by atoms with Gasteiger partial charge >= 0.3 is 0 Å². The number of aryl methyl sites for hydroxylation is 2. The maximum absolute atomic E-state index is 6.17. The number of hydrogen-bond donors (Lipinski definition) is 1. The fourth-order valence-electron chi connectivity index (χ4n) is 3.48. The number of ether oxygens (including phenoxy) is 1. The minimum atomic E-state index is 0.282. The summed E-state index contributed by atoms with van der Waals surface area (Å²) in [5.41, 5.74) is 11.3. The number of benzene rings is 3. The topological polar surface area (TPSA) is 35.2 Å². The molecule has 3 aromatic rings. The molecule has 2 N–H and O–H groups in total. The van der Waals surface area contributed by atoms with Crippen molar-refractivity contribution >= 4 is 10.8 Å². The van der Waals surface area contributed by atoms with E-state index in [-0.39, 0.29) is 5.92 Å². The third-order valence-electron chi connectivity index (χ3n) is 4.83. The monoisotopic (exact) mass is 319 g/mol. The van der Waals surface area contributed by atoms with E-state index in [2.05, 4.69) is 68.4 Å². The maximum Gasteiger partial charge on any atom is 0.122 e. The summed E-state index contributed by atoms with van der Waals surface area (Å²) in [6.07, 6.45) is 0.880. The van der Waals surface area contributed by atoms with E-state index in [0.717, 1.165) is 12.2 Å². The van der Waals surface area contributed by atoms with Crippen molar-refractivity contribution in [1.29, 1.82) is 0 Å². The first kappa shape index (κ1) is 16.5. The quantitative estimate of drug-likeness (QED) is 0.736. The summed E-state index contributed by atoms with van der Waals surface area (Å²) in [4.78, 5) is 0. The molecule has 0 aliphatic carbocycles. The fourth-order valence-corrected chi connectivity index (χ4v) is 3.48. The molecule has 0 aliphatic heterocycles. The summed E-state index contributed by atoms with van der Waals surface area (Å²) in [5.74, 6) is 1.22. The van der Waals surface area contributed by atoms with Crippen LogP contribution in [0.3, 0.4) is 0 Å². The Bertz CT molecular complexity index is 854. The van der Waals surface area contributed by atoms with Gasteiger partial charge in [-0.1, -0.05) is 54.1 Å². The predicted molar refractivity (Wildman–Crippen MR) is 102 cm³/mol. The summed E-state index contributed by atoms with van der Waals surface area (Å²) in [6, 6.07) is 19.3. The first-order chi connectivity index (χ1) is 11.6. The number of nitrogens with two attached hydrogens (primary N) is 1. The van der Waals surface area contributed by atoms with E-state index in [9.17, 15) is 0 Å². The lowest BCUT2D eigenvalue weighted by Gasteiger charge is -2.21. The molecule has 3 aromatic carbocycles. The summed E-state index contributed by atoms with van der Waals surface area (Å²) in [7, 11) is 1.74. The maximum atomic E-state index is 6.17. The molecule has 0 heterocycles. The van der Waals surface area contributed by atoms with Gasteiger partial charge in [0.2, 0.25) is 0 Å². The lowest BCUT2D eigenvalue weighted by Crippen LogP contribution is -2.17. The molecule has 0 amide bonds. The van der Waals surface area contributed by atoms with Crippen LogP contribution >= 0.6 is 0 Å². The Labute approximate surface area is 144 Å². The molecule has 3 rings (SSSR count). The van der Waals surface area contributed by atoms with Crippen LogP contribution in [0.25, 0.3) is 10.8 Å². The Morgan fingerprint density at radius 3 is 2.54 bits per heavy atom. The third-order valence-corrected chi connectivity index (χ3v) is 4.83. The second-order valence-corrected chi connectivity index (χ2v) is 6.46. The van der Waals surface area contributed by atoms with Crippen LogP contribution in [0.15, 0.2) is 54.6 Å². The van der Waals surface area contributed by atoms with E-state index < -0.39 is 0 Å². The van der Waals surface area contributed by atoms with E-state index in [1.807, 2.05) is 0 Å². The molecule has 0 aromatic heterocycles. The van der Waals surface area contributed by atoms with Gasteiger partial charge in [0.15, 0.2) is 0 Å². The minimum absolute atomic E-state index is 0.282. The van der Waals surface area contributed by atoms with Crippen molar-refractivity contribution in [3.05, 3.63) is 76.9 Å². The molecule has 0 saturated carbocycles. The summed E-state index contributed by atoms with van der Waals surface area (Å²) in [5, 5.41) is 2.49. The van der Waals surface area contributed by atoms with Gasteiger partial charge < -0.3 is 10.5 Å². The minimum Gasteiger partial charge on any atom is -0.496 e. The molecule has 1 unspecified atom stereocenters. The molecule has 0 radical (unpaired) electrons. The van der Waals surface area contributed by atoms with E-state index in [1.54, 1.807) is 7.11 Å². The second kappa shape index (κ2) is 7.06. The molecule has 24 heavy (non-hydrogen) atoms. The average molecular weight is 319 g/mol. The predicted octanol–water partition coefficient (Wildman–Crippen LogP) is 4.75. The Morgan fingerprint density at radius 1 is 1.00 bits per heavy atom. The van der Waals surface area contributed by atoms with Crippen molar-refractivity contribution in [2.24, 2.45) is 5.73 Å². The Kier molecular flexibility index (Phi) is 4.86. The highest BCUT2D eigenvalue weighted by Crippen LogP contribution is 2.33. The highest BCUT2D eigenvalue weighted by molar-refractivity contribution is 5.87. The van der Waals surface area contributed by atoms with Crippen LogP contribution in [-0.2, 0) is 6.42 Å². The molecule has 2 heteroatoms. The Hall–Kier alpha value is -2.32. The molecule has 124 valence electrons. The van der Waals surface area contributed by atoms with Gasteiger partial charge in [-0.25, -0.2) is 0 Å². The largest absolute Gasteiger partial charge is 0.496 e. The van der Waals surface area contributed by atoms with Gasteiger partial charge in [0.1, 0.15) is 5.75 Å². The molecular weight excluding hydrogens is 294 g/mol. The van der Waals surface area contributed by atoms with Crippen molar-refractivity contribution in [3.63, 3.8) is 0 Å². The Balaban J connectivity index is 2.08. The molecular formula is C22H25NO. The van der Waals surface area contributed by atoms with Gasteiger partial charge in [-0.3, -0.25) is 0 Å². The zero-order chi connectivity index (χ0) is 17.1. The van der Waals surface area contributed by atoms with Gasteiger partial charge in [-0.05, 0) is 54.8 Å². The lowest BCUT2D eigenvalue weighted by molar-refractivity contribution is 0.409. The van der Waals surface area contributed by atoms with Crippen LogP contribution in [0.5, 0.6) is 5.75 Å². The summed E-state index contributed by atoms with van der Waals surface area (Å²) in [6.45, 7) is 4.92. The molecule has 1 atom stereocenters. The lowest BCUT2D eigenvalue weighted by atomic mass is 9.86.